The van der Waals surface area contributed by atoms with E-state index in [1.165, 1.54) is 0 Å². The lowest BCUT2D eigenvalue weighted by atomic mass is 10.2. The molecule has 2 heterocycles. The maximum Gasteiger partial charge on any atom is 0.277 e. The number of hydrogen-bond donors (Lipinski definition) is 2. The molecule has 0 saturated heterocycles. The molecular weight excluding hydrogens is 270 g/mol. The standard InChI is InChI=1S/C15H15N3O3/c1-3-21-15-12(14(19)17-18-15)8-10-6-9-7-11(20-2)4-5-13(9)16-10/h4-8,16H,3H2,1-2H3,(H,17,19). The molecule has 0 spiro atoms. The van der Waals surface area contributed by atoms with Gasteiger partial charge in [0.2, 0.25) is 5.90 Å². The van der Waals surface area contributed by atoms with E-state index < -0.39 is 0 Å². The summed E-state index contributed by atoms with van der Waals surface area (Å²) in [4.78, 5) is 15.0. The lowest BCUT2D eigenvalue weighted by molar-refractivity contribution is -0.116. The lowest BCUT2D eigenvalue weighted by Gasteiger charge is -2.00. The highest BCUT2D eigenvalue weighted by molar-refractivity contribution is 6.24. The highest BCUT2D eigenvalue weighted by Gasteiger charge is 2.24. The molecule has 1 aromatic carbocycles. The first-order valence-corrected chi connectivity index (χ1v) is 6.61. The molecule has 2 aromatic rings. The van der Waals surface area contributed by atoms with Crippen LogP contribution >= 0.6 is 0 Å². The molecule has 1 aromatic heterocycles. The van der Waals surface area contributed by atoms with Gasteiger partial charge >= 0.3 is 0 Å². The summed E-state index contributed by atoms with van der Waals surface area (Å²) in [6.07, 6.45) is 1.73. The molecule has 0 unspecified atom stereocenters. The Kier molecular flexibility index (Phi) is 3.35. The molecule has 3 rings (SSSR count). The Hall–Kier alpha value is -2.76. The second-order valence-corrected chi connectivity index (χ2v) is 4.53. The van der Waals surface area contributed by atoms with Gasteiger partial charge in [-0.3, -0.25) is 4.79 Å². The Labute approximate surface area is 121 Å². The van der Waals surface area contributed by atoms with Gasteiger partial charge in [-0.25, -0.2) is 5.43 Å². The summed E-state index contributed by atoms with van der Waals surface area (Å²) in [5.74, 6) is 0.837. The molecule has 6 heteroatoms. The van der Waals surface area contributed by atoms with Crippen LogP contribution in [0.4, 0.5) is 0 Å². The molecule has 6 nitrogen and oxygen atoms in total. The van der Waals surface area contributed by atoms with Crippen molar-refractivity contribution in [2.45, 2.75) is 6.92 Å². The molecule has 0 bridgehead atoms. The zero-order chi connectivity index (χ0) is 14.8. The van der Waals surface area contributed by atoms with Gasteiger partial charge < -0.3 is 14.5 Å². The van der Waals surface area contributed by atoms with Gasteiger partial charge in [0.05, 0.1) is 13.7 Å². The fourth-order valence-corrected chi connectivity index (χ4v) is 2.19. The number of nitrogens with one attached hydrogen (secondary N) is 2. The number of hydrogen-bond acceptors (Lipinski definition) is 4. The number of aromatic amines is 1. The molecule has 108 valence electrons. The number of methoxy groups -OCH3 is 1. The summed E-state index contributed by atoms with van der Waals surface area (Å²) < 4.78 is 10.5. The fourth-order valence-electron chi connectivity index (χ4n) is 2.19. The molecular formula is C15H15N3O3. The quantitative estimate of drug-likeness (QED) is 0.847. The average molecular weight is 285 g/mol. The van der Waals surface area contributed by atoms with Gasteiger partial charge in [0, 0.05) is 16.6 Å². The van der Waals surface area contributed by atoms with E-state index in [-0.39, 0.29) is 5.91 Å². The van der Waals surface area contributed by atoms with E-state index in [0.29, 0.717) is 18.1 Å². The largest absolute Gasteiger partial charge is 0.497 e. The third kappa shape index (κ3) is 2.47. The highest BCUT2D eigenvalue weighted by atomic mass is 16.5. The predicted molar refractivity (Wildman–Crippen MR) is 80.0 cm³/mol. The van der Waals surface area contributed by atoms with Gasteiger partial charge in [-0.15, -0.1) is 5.10 Å². The topological polar surface area (TPSA) is 75.7 Å². The van der Waals surface area contributed by atoms with Crippen LogP contribution in [0.1, 0.15) is 12.6 Å². The molecule has 1 amide bonds. The van der Waals surface area contributed by atoms with Crippen molar-refractivity contribution in [3.05, 3.63) is 35.5 Å². The Morgan fingerprint density at radius 3 is 2.95 bits per heavy atom. The second-order valence-electron chi connectivity index (χ2n) is 4.53. The minimum Gasteiger partial charge on any atom is -0.497 e. The molecule has 0 saturated carbocycles. The van der Waals surface area contributed by atoms with Gasteiger partial charge in [0.1, 0.15) is 11.3 Å². The van der Waals surface area contributed by atoms with Gasteiger partial charge in [0.25, 0.3) is 5.91 Å². The van der Waals surface area contributed by atoms with Crippen LogP contribution in [-0.2, 0) is 9.53 Å². The Morgan fingerprint density at radius 2 is 2.19 bits per heavy atom. The van der Waals surface area contributed by atoms with Gasteiger partial charge in [-0.05, 0) is 37.3 Å². The Bertz CT molecular complexity index is 759. The first kappa shape index (κ1) is 13.2. The number of nitrogens with zero attached hydrogens (tertiary/aromatic N) is 1. The van der Waals surface area contributed by atoms with E-state index in [2.05, 4.69) is 15.5 Å². The van der Waals surface area contributed by atoms with Crippen molar-refractivity contribution in [1.29, 1.82) is 0 Å². The number of ether oxygens (including phenoxy) is 2. The fraction of sp³-hybridized carbons (Fsp3) is 0.200. The zero-order valence-corrected chi connectivity index (χ0v) is 11.8. The van der Waals surface area contributed by atoms with Crippen LogP contribution in [0.2, 0.25) is 0 Å². The number of carbonyl (C=O) groups is 1. The summed E-state index contributed by atoms with van der Waals surface area (Å²) in [6, 6.07) is 7.69. The van der Waals surface area contributed by atoms with Crippen LogP contribution in [-0.4, -0.2) is 30.5 Å². The lowest BCUT2D eigenvalue weighted by Crippen LogP contribution is -2.14. The van der Waals surface area contributed by atoms with E-state index in [4.69, 9.17) is 9.47 Å². The summed E-state index contributed by atoms with van der Waals surface area (Å²) in [5, 5.41) is 4.87. The van der Waals surface area contributed by atoms with Crippen molar-refractivity contribution in [2.75, 3.05) is 13.7 Å². The maximum atomic E-state index is 11.8. The average Bonchev–Trinajstić information content (AvgIpc) is 3.04. The number of fused-ring (bicyclic) bond motifs is 1. The summed E-state index contributed by atoms with van der Waals surface area (Å²) in [7, 11) is 1.63. The monoisotopic (exact) mass is 285 g/mol. The van der Waals surface area contributed by atoms with Crippen molar-refractivity contribution < 1.29 is 14.3 Å². The van der Waals surface area contributed by atoms with Crippen LogP contribution < -0.4 is 10.2 Å². The molecule has 0 radical (unpaired) electrons. The Morgan fingerprint density at radius 1 is 1.33 bits per heavy atom. The number of amides is 1. The number of aromatic nitrogens is 1. The number of rotatable bonds is 3. The second kappa shape index (κ2) is 5.32. The molecule has 21 heavy (non-hydrogen) atoms. The molecule has 0 fully saturated rings. The molecule has 2 N–H and O–H groups in total. The molecule has 1 aliphatic rings. The zero-order valence-electron chi connectivity index (χ0n) is 11.8. The minimum absolute atomic E-state index is 0.269. The van der Waals surface area contributed by atoms with Gasteiger partial charge in [0.15, 0.2) is 0 Å². The number of H-pyrrole nitrogens is 1. The number of hydrazone groups is 1. The Balaban J connectivity index is 1.98. The molecule has 0 atom stereocenters. The van der Waals surface area contributed by atoms with E-state index >= 15 is 0 Å². The minimum atomic E-state index is -0.269. The first-order valence-electron chi connectivity index (χ1n) is 6.61. The number of carbonyl (C=O) groups excluding carboxylic acids is 1. The third-order valence-electron chi connectivity index (χ3n) is 3.16. The smallest absolute Gasteiger partial charge is 0.277 e. The van der Waals surface area contributed by atoms with Crippen LogP contribution in [0.15, 0.2) is 34.9 Å². The van der Waals surface area contributed by atoms with Crippen LogP contribution in [0.5, 0.6) is 5.75 Å². The summed E-state index contributed by atoms with van der Waals surface area (Å²) in [6.45, 7) is 2.30. The normalized spacial score (nSPS) is 16.2. The van der Waals surface area contributed by atoms with Crippen LogP contribution in [0.3, 0.4) is 0 Å². The van der Waals surface area contributed by atoms with Crippen molar-refractivity contribution >= 4 is 28.8 Å². The van der Waals surface area contributed by atoms with Gasteiger partial charge in [-0.1, -0.05) is 0 Å². The highest BCUT2D eigenvalue weighted by Crippen LogP contribution is 2.23. The van der Waals surface area contributed by atoms with E-state index in [9.17, 15) is 4.79 Å². The predicted octanol–water partition coefficient (Wildman–Crippen LogP) is 2.04. The van der Waals surface area contributed by atoms with E-state index in [0.717, 1.165) is 22.3 Å². The SMILES string of the molecule is CCOC1=NNC(=O)C1=Cc1cc2cc(OC)ccc2[nH]1. The number of benzene rings is 1. The van der Waals surface area contributed by atoms with Gasteiger partial charge in [-0.2, -0.15) is 0 Å². The maximum absolute atomic E-state index is 11.8. The van der Waals surface area contributed by atoms with Crippen LogP contribution in [0.25, 0.3) is 17.0 Å². The van der Waals surface area contributed by atoms with Crippen molar-refractivity contribution in [1.82, 2.24) is 10.4 Å². The van der Waals surface area contributed by atoms with E-state index in [1.807, 2.05) is 31.2 Å². The first-order chi connectivity index (χ1) is 10.2. The van der Waals surface area contributed by atoms with Crippen molar-refractivity contribution in [3.8, 4) is 5.75 Å². The third-order valence-corrected chi connectivity index (χ3v) is 3.16. The van der Waals surface area contributed by atoms with Crippen LogP contribution in [0, 0.1) is 0 Å². The molecule has 1 aliphatic heterocycles. The van der Waals surface area contributed by atoms with Crippen molar-refractivity contribution in [3.63, 3.8) is 0 Å². The van der Waals surface area contributed by atoms with Crippen molar-refractivity contribution in [2.24, 2.45) is 5.10 Å². The van der Waals surface area contributed by atoms with E-state index in [1.54, 1.807) is 13.2 Å². The molecule has 0 aliphatic carbocycles. The summed E-state index contributed by atoms with van der Waals surface area (Å²) >= 11 is 0. The summed E-state index contributed by atoms with van der Waals surface area (Å²) in [5.41, 5.74) is 4.58.